The first-order chi connectivity index (χ1) is 8.45. The van der Waals surface area contributed by atoms with Crippen molar-refractivity contribution in [2.24, 2.45) is 5.92 Å². The van der Waals surface area contributed by atoms with Crippen LogP contribution in [0.3, 0.4) is 0 Å². The summed E-state index contributed by atoms with van der Waals surface area (Å²) in [6.45, 7) is 10.0. The molecule has 1 aliphatic carbocycles. The summed E-state index contributed by atoms with van der Waals surface area (Å²) in [5, 5.41) is 4.94. The van der Waals surface area contributed by atoms with Crippen molar-refractivity contribution < 1.29 is 0 Å². The largest absolute Gasteiger partial charge is 0.309 e. The number of aromatic nitrogens is 1. The molecule has 3 heteroatoms. The van der Waals surface area contributed by atoms with Crippen molar-refractivity contribution in [2.45, 2.75) is 71.4 Å². The molecule has 1 N–H and O–H groups in total. The lowest BCUT2D eigenvalue weighted by atomic mass is 9.87. The summed E-state index contributed by atoms with van der Waals surface area (Å²) in [5.74, 6) is 0.930. The van der Waals surface area contributed by atoms with Gasteiger partial charge >= 0.3 is 0 Å². The Balaban J connectivity index is 1.82. The van der Waals surface area contributed by atoms with Crippen LogP contribution >= 0.6 is 11.3 Å². The molecule has 0 aromatic carbocycles. The van der Waals surface area contributed by atoms with E-state index in [0.29, 0.717) is 0 Å². The van der Waals surface area contributed by atoms with Gasteiger partial charge in [0.2, 0.25) is 0 Å². The molecule has 1 fully saturated rings. The van der Waals surface area contributed by atoms with Crippen molar-refractivity contribution in [1.82, 2.24) is 10.3 Å². The van der Waals surface area contributed by atoms with E-state index >= 15 is 0 Å². The smallest absolute Gasteiger partial charge is 0.0981 e. The van der Waals surface area contributed by atoms with Crippen molar-refractivity contribution in [1.29, 1.82) is 0 Å². The van der Waals surface area contributed by atoms with Gasteiger partial charge in [-0.2, -0.15) is 0 Å². The van der Waals surface area contributed by atoms with E-state index in [9.17, 15) is 0 Å². The van der Waals surface area contributed by atoms with Crippen LogP contribution in [0.1, 0.15) is 63.3 Å². The number of hydrogen-bond acceptors (Lipinski definition) is 3. The van der Waals surface area contributed by atoms with Gasteiger partial charge in [0, 0.05) is 29.1 Å². The van der Waals surface area contributed by atoms with Crippen LogP contribution in [0.15, 0.2) is 6.20 Å². The van der Waals surface area contributed by atoms with E-state index in [0.717, 1.165) is 18.5 Å². The lowest BCUT2D eigenvalue weighted by Gasteiger charge is -2.26. The van der Waals surface area contributed by atoms with Gasteiger partial charge in [-0.1, -0.05) is 27.7 Å². The molecule has 1 aromatic heterocycles. The van der Waals surface area contributed by atoms with Crippen LogP contribution in [0.4, 0.5) is 0 Å². The molecule has 1 aliphatic rings. The summed E-state index contributed by atoms with van der Waals surface area (Å²) >= 11 is 1.86. The summed E-state index contributed by atoms with van der Waals surface area (Å²) in [7, 11) is 0. The summed E-state index contributed by atoms with van der Waals surface area (Å²) in [5.41, 5.74) is 0.184. The molecule has 0 unspecified atom stereocenters. The zero-order valence-corrected chi connectivity index (χ0v) is 12.9. The van der Waals surface area contributed by atoms with Gasteiger partial charge in [0.05, 0.1) is 5.01 Å². The molecule has 0 amide bonds. The third kappa shape index (κ3) is 3.79. The Labute approximate surface area is 115 Å². The number of nitrogens with one attached hydrogen (secondary N) is 1. The van der Waals surface area contributed by atoms with Gasteiger partial charge in [0.25, 0.3) is 0 Å². The van der Waals surface area contributed by atoms with Crippen LogP contribution < -0.4 is 5.32 Å². The Kier molecular flexibility index (Phi) is 4.44. The first-order valence-corrected chi connectivity index (χ1v) is 7.95. The lowest BCUT2D eigenvalue weighted by molar-refractivity contribution is 0.307. The van der Waals surface area contributed by atoms with Crippen molar-refractivity contribution in [2.75, 3.05) is 0 Å². The fraction of sp³-hybridized carbons (Fsp3) is 0.800. The molecule has 0 radical (unpaired) electrons. The van der Waals surface area contributed by atoms with E-state index < -0.39 is 0 Å². The Morgan fingerprint density at radius 3 is 2.50 bits per heavy atom. The van der Waals surface area contributed by atoms with Gasteiger partial charge in [-0.3, -0.25) is 0 Å². The van der Waals surface area contributed by atoms with Gasteiger partial charge in [0.15, 0.2) is 0 Å². The van der Waals surface area contributed by atoms with Crippen molar-refractivity contribution in [3.8, 4) is 0 Å². The number of rotatable bonds is 3. The molecule has 1 aromatic rings. The van der Waals surface area contributed by atoms with E-state index in [-0.39, 0.29) is 5.41 Å². The highest BCUT2D eigenvalue weighted by Crippen LogP contribution is 2.27. The molecule has 18 heavy (non-hydrogen) atoms. The van der Waals surface area contributed by atoms with E-state index in [2.05, 4.69) is 38.0 Å². The minimum absolute atomic E-state index is 0.184. The first kappa shape index (κ1) is 14.0. The molecule has 1 saturated carbocycles. The van der Waals surface area contributed by atoms with E-state index in [4.69, 9.17) is 0 Å². The second-order valence-electron chi connectivity index (χ2n) is 6.72. The van der Waals surface area contributed by atoms with Crippen LogP contribution in [-0.2, 0) is 12.0 Å². The fourth-order valence-corrected chi connectivity index (χ4v) is 3.37. The monoisotopic (exact) mass is 266 g/mol. The molecule has 0 saturated heterocycles. The van der Waals surface area contributed by atoms with E-state index in [1.54, 1.807) is 0 Å². The molecular weight excluding hydrogens is 240 g/mol. The summed E-state index contributed by atoms with van der Waals surface area (Å²) in [4.78, 5) is 5.92. The second-order valence-corrected chi connectivity index (χ2v) is 7.83. The number of nitrogens with zero attached hydrogens (tertiary/aromatic N) is 1. The zero-order valence-electron chi connectivity index (χ0n) is 12.1. The maximum atomic E-state index is 4.54. The van der Waals surface area contributed by atoms with Crippen LogP contribution in [0, 0.1) is 5.92 Å². The van der Waals surface area contributed by atoms with Gasteiger partial charge in [0.1, 0.15) is 0 Å². The Hall–Kier alpha value is -0.410. The normalized spacial score (nSPS) is 25.3. The summed E-state index contributed by atoms with van der Waals surface area (Å²) in [6, 6.07) is 0.724. The summed E-state index contributed by atoms with van der Waals surface area (Å²) in [6.07, 6.45) is 7.49. The topological polar surface area (TPSA) is 24.9 Å². The lowest BCUT2D eigenvalue weighted by Crippen LogP contribution is -2.31. The summed E-state index contributed by atoms with van der Waals surface area (Å²) < 4.78 is 0. The fourth-order valence-electron chi connectivity index (χ4n) is 2.45. The average Bonchev–Trinajstić information content (AvgIpc) is 2.77. The highest BCUT2D eigenvalue weighted by molar-refractivity contribution is 7.11. The quantitative estimate of drug-likeness (QED) is 0.890. The van der Waals surface area contributed by atoms with Gasteiger partial charge in [-0.15, -0.1) is 11.3 Å². The highest BCUT2D eigenvalue weighted by atomic mass is 32.1. The molecule has 0 bridgehead atoms. The highest BCUT2D eigenvalue weighted by Gasteiger charge is 2.20. The standard InChI is InChI=1S/C15H26N2S/c1-11-5-7-12(8-6-11)16-9-13-10-17-14(18-13)15(2,3)4/h10-12,16H,5-9H2,1-4H3. The molecule has 0 spiro atoms. The maximum absolute atomic E-state index is 4.54. The zero-order chi connectivity index (χ0) is 13.2. The predicted molar refractivity (Wildman–Crippen MR) is 79.1 cm³/mol. The van der Waals surface area contributed by atoms with Crippen LogP contribution in [0.2, 0.25) is 0 Å². The molecule has 0 aliphatic heterocycles. The maximum Gasteiger partial charge on any atom is 0.0981 e. The second kappa shape index (κ2) is 5.70. The van der Waals surface area contributed by atoms with Gasteiger partial charge < -0.3 is 5.32 Å². The van der Waals surface area contributed by atoms with Crippen LogP contribution in [-0.4, -0.2) is 11.0 Å². The predicted octanol–water partition coefficient (Wildman–Crippen LogP) is 4.11. The third-order valence-electron chi connectivity index (χ3n) is 3.78. The minimum Gasteiger partial charge on any atom is -0.309 e. The first-order valence-electron chi connectivity index (χ1n) is 7.13. The van der Waals surface area contributed by atoms with E-state index in [1.165, 1.54) is 35.6 Å². The minimum atomic E-state index is 0.184. The Morgan fingerprint density at radius 1 is 1.28 bits per heavy atom. The molecular formula is C15H26N2S. The average molecular weight is 266 g/mol. The number of thiazole rings is 1. The molecule has 2 rings (SSSR count). The Morgan fingerprint density at radius 2 is 1.94 bits per heavy atom. The van der Waals surface area contributed by atoms with Crippen molar-refractivity contribution >= 4 is 11.3 Å². The van der Waals surface area contributed by atoms with E-state index in [1.807, 2.05) is 17.5 Å². The molecule has 2 nitrogen and oxygen atoms in total. The molecule has 0 atom stereocenters. The third-order valence-corrected chi connectivity index (χ3v) is 5.20. The SMILES string of the molecule is CC1CCC(NCc2cnc(C(C)(C)C)s2)CC1. The van der Waals surface area contributed by atoms with Crippen molar-refractivity contribution in [3.63, 3.8) is 0 Å². The molecule has 1 heterocycles. The van der Waals surface area contributed by atoms with Crippen LogP contribution in [0.5, 0.6) is 0 Å². The Bertz CT molecular complexity index is 370. The van der Waals surface area contributed by atoms with Gasteiger partial charge in [-0.25, -0.2) is 4.98 Å². The van der Waals surface area contributed by atoms with Crippen molar-refractivity contribution in [3.05, 3.63) is 16.1 Å². The van der Waals surface area contributed by atoms with Gasteiger partial charge in [-0.05, 0) is 31.6 Å². The van der Waals surface area contributed by atoms with Crippen LogP contribution in [0.25, 0.3) is 0 Å². The molecule has 102 valence electrons. The number of hydrogen-bond donors (Lipinski definition) is 1.